The minimum atomic E-state index is -0.861. The Morgan fingerprint density at radius 1 is 1.71 bits per heavy atom. The molecule has 0 rings (SSSR count). The molecule has 0 spiro atoms. The molecule has 0 fully saturated rings. The highest BCUT2D eigenvalue weighted by atomic mass is 16.5. The predicted molar refractivity (Wildman–Crippen MR) is 54.4 cm³/mol. The molecule has 0 aromatic heterocycles. The van der Waals surface area contributed by atoms with Crippen molar-refractivity contribution >= 4 is 5.97 Å². The first-order valence-corrected chi connectivity index (χ1v) is 4.32. The SMILES string of the molecule is C=CCC(C)(C)[C@@H](O)C#CC(=O)OC. The van der Waals surface area contributed by atoms with Gasteiger partial charge in [0.05, 0.1) is 7.11 Å². The van der Waals surface area contributed by atoms with Crippen molar-refractivity contribution in [3.63, 3.8) is 0 Å². The highest BCUT2D eigenvalue weighted by molar-refractivity contribution is 5.88. The smallest absolute Gasteiger partial charge is 0.384 e. The maximum atomic E-state index is 10.7. The number of ether oxygens (including phenoxy) is 1. The summed E-state index contributed by atoms with van der Waals surface area (Å²) in [6.07, 6.45) is 1.48. The second kappa shape index (κ2) is 5.46. The van der Waals surface area contributed by atoms with Crippen molar-refractivity contribution in [2.45, 2.75) is 26.4 Å². The van der Waals surface area contributed by atoms with Crippen LogP contribution in [-0.2, 0) is 9.53 Å². The Kier molecular flexibility index (Phi) is 4.96. The Morgan fingerprint density at radius 3 is 2.71 bits per heavy atom. The van der Waals surface area contributed by atoms with E-state index in [2.05, 4.69) is 23.2 Å². The number of carbonyl (C=O) groups excluding carboxylic acids is 1. The van der Waals surface area contributed by atoms with E-state index in [9.17, 15) is 9.90 Å². The standard InChI is InChI=1S/C11H16O3/c1-5-8-11(2,3)9(12)6-7-10(13)14-4/h5,9,12H,1,8H2,2-4H3/t9-/m0/s1. The van der Waals surface area contributed by atoms with Gasteiger partial charge < -0.3 is 9.84 Å². The van der Waals surface area contributed by atoms with Gasteiger partial charge in [0.15, 0.2) is 0 Å². The van der Waals surface area contributed by atoms with Gasteiger partial charge in [-0.15, -0.1) is 6.58 Å². The zero-order valence-electron chi connectivity index (χ0n) is 8.83. The van der Waals surface area contributed by atoms with Crippen LogP contribution >= 0.6 is 0 Å². The minimum absolute atomic E-state index is 0.400. The van der Waals surface area contributed by atoms with Gasteiger partial charge in [0, 0.05) is 11.3 Å². The van der Waals surface area contributed by atoms with Crippen molar-refractivity contribution in [1.82, 2.24) is 0 Å². The third kappa shape index (κ3) is 4.11. The molecule has 0 aromatic carbocycles. The van der Waals surface area contributed by atoms with Gasteiger partial charge in [-0.05, 0) is 6.42 Å². The van der Waals surface area contributed by atoms with Gasteiger partial charge in [0.2, 0.25) is 0 Å². The van der Waals surface area contributed by atoms with Crippen LogP contribution in [0.5, 0.6) is 0 Å². The maximum Gasteiger partial charge on any atom is 0.384 e. The topological polar surface area (TPSA) is 46.5 Å². The third-order valence-electron chi connectivity index (χ3n) is 1.91. The van der Waals surface area contributed by atoms with Crippen molar-refractivity contribution in [3.05, 3.63) is 12.7 Å². The van der Waals surface area contributed by atoms with Crippen LogP contribution in [0, 0.1) is 17.3 Å². The van der Waals surface area contributed by atoms with Gasteiger partial charge in [-0.3, -0.25) is 0 Å². The van der Waals surface area contributed by atoms with Gasteiger partial charge in [-0.1, -0.05) is 25.8 Å². The van der Waals surface area contributed by atoms with Crippen LogP contribution in [0.25, 0.3) is 0 Å². The van der Waals surface area contributed by atoms with Gasteiger partial charge in [0.25, 0.3) is 0 Å². The number of methoxy groups -OCH3 is 1. The molecule has 14 heavy (non-hydrogen) atoms. The zero-order chi connectivity index (χ0) is 11.2. The predicted octanol–water partition coefficient (Wildman–Crippen LogP) is 1.13. The highest BCUT2D eigenvalue weighted by Crippen LogP contribution is 2.24. The van der Waals surface area contributed by atoms with Crippen LogP contribution in [0.15, 0.2) is 12.7 Å². The normalized spacial score (nSPS) is 12.3. The Hall–Kier alpha value is -1.27. The Morgan fingerprint density at radius 2 is 2.29 bits per heavy atom. The summed E-state index contributed by atoms with van der Waals surface area (Å²) in [4.78, 5) is 10.7. The molecule has 0 aliphatic carbocycles. The molecular formula is C11H16O3. The second-order valence-corrected chi connectivity index (χ2v) is 3.64. The summed E-state index contributed by atoms with van der Waals surface area (Å²) in [6.45, 7) is 7.29. The molecule has 0 saturated carbocycles. The van der Waals surface area contributed by atoms with E-state index in [0.29, 0.717) is 6.42 Å². The van der Waals surface area contributed by atoms with Crippen molar-refractivity contribution in [1.29, 1.82) is 0 Å². The molecule has 0 saturated heterocycles. The molecule has 0 aliphatic rings. The molecule has 0 heterocycles. The number of hydrogen-bond acceptors (Lipinski definition) is 3. The average molecular weight is 196 g/mol. The van der Waals surface area contributed by atoms with Gasteiger partial charge in [-0.2, -0.15) is 0 Å². The summed E-state index contributed by atoms with van der Waals surface area (Å²) in [5, 5.41) is 9.62. The lowest BCUT2D eigenvalue weighted by molar-refractivity contribution is -0.133. The van der Waals surface area contributed by atoms with Crippen LogP contribution in [0.3, 0.4) is 0 Å². The Balaban J connectivity index is 4.43. The van der Waals surface area contributed by atoms with Crippen molar-refractivity contribution in [2.75, 3.05) is 7.11 Å². The lowest BCUT2D eigenvalue weighted by atomic mass is 9.83. The van der Waals surface area contributed by atoms with E-state index < -0.39 is 17.5 Å². The van der Waals surface area contributed by atoms with Crippen molar-refractivity contribution in [2.24, 2.45) is 5.41 Å². The monoisotopic (exact) mass is 196 g/mol. The fourth-order valence-electron chi connectivity index (χ4n) is 0.857. The molecule has 0 aromatic rings. The number of aliphatic hydroxyl groups excluding tert-OH is 1. The first-order valence-electron chi connectivity index (χ1n) is 4.32. The minimum Gasteiger partial charge on any atom is -0.459 e. The van der Waals surface area contributed by atoms with Gasteiger partial charge >= 0.3 is 5.97 Å². The summed E-state index contributed by atoms with van der Waals surface area (Å²) in [7, 11) is 1.25. The number of esters is 1. The number of carbonyl (C=O) groups is 1. The fourth-order valence-corrected chi connectivity index (χ4v) is 0.857. The molecule has 78 valence electrons. The van der Waals surface area contributed by atoms with Crippen LogP contribution in [0.4, 0.5) is 0 Å². The third-order valence-corrected chi connectivity index (χ3v) is 1.91. The number of hydrogen-bond donors (Lipinski definition) is 1. The average Bonchev–Trinajstić information content (AvgIpc) is 2.13. The van der Waals surface area contributed by atoms with E-state index in [4.69, 9.17) is 0 Å². The molecule has 1 N–H and O–H groups in total. The molecule has 0 radical (unpaired) electrons. The Labute approximate surface area is 84.8 Å². The summed E-state index contributed by atoms with van der Waals surface area (Å²) in [6, 6.07) is 0. The first-order chi connectivity index (χ1) is 6.44. The summed E-state index contributed by atoms with van der Waals surface area (Å²) in [5.74, 6) is 4.00. The summed E-state index contributed by atoms with van der Waals surface area (Å²) in [5.41, 5.74) is -0.400. The molecule has 0 amide bonds. The number of aliphatic hydroxyl groups is 1. The molecule has 1 atom stereocenters. The summed E-state index contributed by atoms with van der Waals surface area (Å²) >= 11 is 0. The molecule has 0 bridgehead atoms. The highest BCUT2D eigenvalue weighted by Gasteiger charge is 2.24. The number of rotatable bonds is 3. The maximum absolute atomic E-state index is 10.7. The van der Waals surface area contributed by atoms with E-state index in [-0.39, 0.29) is 0 Å². The molecule has 3 heteroatoms. The van der Waals surface area contributed by atoms with Crippen LogP contribution < -0.4 is 0 Å². The lowest BCUT2D eigenvalue weighted by Gasteiger charge is -2.25. The molecule has 3 nitrogen and oxygen atoms in total. The largest absolute Gasteiger partial charge is 0.459 e. The molecular weight excluding hydrogens is 180 g/mol. The zero-order valence-corrected chi connectivity index (χ0v) is 8.83. The van der Waals surface area contributed by atoms with E-state index in [1.807, 2.05) is 13.8 Å². The van der Waals surface area contributed by atoms with E-state index in [1.165, 1.54) is 7.11 Å². The van der Waals surface area contributed by atoms with Crippen molar-refractivity contribution in [3.8, 4) is 11.8 Å². The van der Waals surface area contributed by atoms with Gasteiger partial charge in [-0.25, -0.2) is 4.79 Å². The first kappa shape index (κ1) is 12.7. The van der Waals surface area contributed by atoms with Crippen molar-refractivity contribution < 1.29 is 14.6 Å². The number of allylic oxidation sites excluding steroid dienone is 1. The van der Waals surface area contributed by atoms with Crippen LogP contribution in [0.1, 0.15) is 20.3 Å². The Bertz CT molecular complexity index is 268. The van der Waals surface area contributed by atoms with Crippen LogP contribution in [0.2, 0.25) is 0 Å². The molecule has 0 unspecified atom stereocenters. The van der Waals surface area contributed by atoms with E-state index in [0.717, 1.165) is 0 Å². The van der Waals surface area contributed by atoms with E-state index in [1.54, 1.807) is 6.08 Å². The fraction of sp³-hybridized carbons (Fsp3) is 0.545. The second-order valence-electron chi connectivity index (χ2n) is 3.64. The van der Waals surface area contributed by atoms with Crippen LogP contribution in [-0.4, -0.2) is 24.3 Å². The summed E-state index contributed by atoms with van der Waals surface area (Å²) < 4.78 is 4.33. The lowest BCUT2D eigenvalue weighted by Crippen LogP contribution is -2.27. The molecule has 0 aliphatic heterocycles. The quantitative estimate of drug-likeness (QED) is 0.318. The van der Waals surface area contributed by atoms with E-state index >= 15 is 0 Å². The van der Waals surface area contributed by atoms with Gasteiger partial charge in [0.1, 0.15) is 6.10 Å².